The second-order valence-corrected chi connectivity index (χ2v) is 8.20. The third-order valence-electron chi connectivity index (χ3n) is 6.13. The highest BCUT2D eigenvalue weighted by Crippen LogP contribution is 2.16. The van der Waals surface area contributed by atoms with Crippen LogP contribution in [-0.4, -0.2) is 41.6 Å². The lowest BCUT2D eigenvalue weighted by Crippen LogP contribution is -3.12. The van der Waals surface area contributed by atoms with Crippen LogP contribution in [0.15, 0.2) is 23.0 Å². The smallest absolute Gasteiger partial charge is 0.261 e. The number of nitrogens with zero attached hydrogens (tertiary/aromatic N) is 2. The molecule has 1 amide bonds. The summed E-state index contributed by atoms with van der Waals surface area (Å²) in [5.41, 5.74) is 1.25. The summed E-state index contributed by atoms with van der Waals surface area (Å²) in [7, 11) is 0. The maximum absolute atomic E-state index is 12.8. The van der Waals surface area contributed by atoms with E-state index in [0.29, 0.717) is 23.0 Å². The highest BCUT2D eigenvalue weighted by molar-refractivity contribution is 5.97. The number of hydrogen-bond acceptors (Lipinski definition) is 3. The van der Waals surface area contributed by atoms with E-state index < -0.39 is 0 Å². The Morgan fingerprint density at radius 2 is 1.93 bits per heavy atom. The maximum Gasteiger partial charge on any atom is 0.261 e. The maximum atomic E-state index is 12.8. The van der Waals surface area contributed by atoms with E-state index in [2.05, 4.69) is 5.32 Å². The lowest BCUT2D eigenvalue weighted by Gasteiger charge is -2.23. The molecular weight excluding hydrogens is 352 g/mol. The van der Waals surface area contributed by atoms with E-state index in [0.717, 1.165) is 51.0 Å². The van der Waals surface area contributed by atoms with E-state index >= 15 is 0 Å². The summed E-state index contributed by atoms with van der Waals surface area (Å²) < 4.78 is 1.82. The summed E-state index contributed by atoms with van der Waals surface area (Å²) in [5.74, 6) is 0.782. The molecule has 2 N–H and O–H groups in total. The molecule has 1 aromatic carbocycles. The van der Waals surface area contributed by atoms with Crippen molar-refractivity contribution in [3.8, 4) is 0 Å². The Bertz CT molecular complexity index is 899. The average molecular weight is 384 g/mol. The van der Waals surface area contributed by atoms with Gasteiger partial charge in [0.25, 0.3) is 11.5 Å². The van der Waals surface area contributed by atoms with E-state index in [1.807, 2.05) is 4.57 Å². The lowest BCUT2D eigenvalue weighted by atomic mass is 10.1. The number of likely N-dealkylation sites (tertiary alicyclic amines) is 1. The molecule has 6 heteroatoms. The Morgan fingerprint density at radius 1 is 1.11 bits per heavy atom. The van der Waals surface area contributed by atoms with Crippen LogP contribution in [0.4, 0.5) is 0 Å². The van der Waals surface area contributed by atoms with Crippen LogP contribution in [0.3, 0.4) is 0 Å². The van der Waals surface area contributed by atoms with E-state index in [4.69, 9.17) is 4.98 Å². The van der Waals surface area contributed by atoms with Gasteiger partial charge < -0.3 is 10.2 Å². The van der Waals surface area contributed by atoms with Crippen LogP contribution >= 0.6 is 0 Å². The van der Waals surface area contributed by atoms with Crippen LogP contribution in [-0.2, 0) is 13.0 Å². The zero-order chi connectivity index (χ0) is 19.3. The third-order valence-corrected chi connectivity index (χ3v) is 6.13. The van der Waals surface area contributed by atoms with Gasteiger partial charge in [-0.25, -0.2) is 4.98 Å². The van der Waals surface area contributed by atoms with Gasteiger partial charge in [0.1, 0.15) is 5.82 Å². The van der Waals surface area contributed by atoms with Crippen LogP contribution in [0.1, 0.15) is 61.1 Å². The molecule has 4 rings (SSSR count). The van der Waals surface area contributed by atoms with Crippen molar-refractivity contribution in [2.24, 2.45) is 0 Å². The molecule has 1 fully saturated rings. The van der Waals surface area contributed by atoms with Gasteiger partial charge in [-0.2, -0.15) is 0 Å². The number of hydrogen-bond donors (Lipinski definition) is 2. The molecule has 0 aliphatic carbocycles. The van der Waals surface area contributed by atoms with Crippen LogP contribution < -0.4 is 15.8 Å². The highest BCUT2D eigenvalue weighted by atomic mass is 16.1. The van der Waals surface area contributed by atoms with E-state index in [-0.39, 0.29) is 11.5 Å². The second kappa shape index (κ2) is 8.86. The predicted octanol–water partition coefficient (Wildman–Crippen LogP) is 1.31. The number of amides is 1. The molecule has 0 radical (unpaired) electrons. The number of aryl methyl sites for hydroxylation is 1. The van der Waals surface area contributed by atoms with Crippen molar-refractivity contribution in [1.29, 1.82) is 0 Å². The van der Waals surface area contributed by atoms with Crippen molar-refractivity contribution in [3.63, 3.8) is 0 Å². The quantitative estimate of drug-likeness (QED) is 0.765. The van der Waals surface area contributed by atoms with Gasteiger partial charge in [0.15, 0.2) is 0 Å². The standard InChI is InChI=1S/C22H30N4O2/c27-21(23-11-7-14-25-12-4-2-5-13-25)17-9-10-18-19(16-17)24-20-8-3-1-6-15-26(20)22(18)28/h9-10,16H,1-8,11-15H2,(H,23,27)/p+1. The largest absolute Gasteiger partial charge is 0.352 e. The molecule has 0 bridgehead atoms. The van der Waals surface area contributed by atoms with Gasteiger partial charge in [-0.1, -0.05) is 6.42 Å². The van der Waals surface area contributed by atoms with Crippen molar-refractivity contribution in [2.75, 3.05) is 26.2 Å². The van der Waals surface area contributed by atoms with Gasteiger partial charge in [0, 0.05) is 31.5 Å². The van der Waals surface area contributed by atoms with Crippen molar-refractivity contribution >= 4 is 16.8 Å². The van der Waals surface area contributed by atoms with Gasteiger partial charge >= 0.3 is 0 Å². The zero-order valence-electron chi connectivity index (χ0n) is 16.6. The summed E-state index contributed by atoms with van der Waals surface area (Å²) in [5, 5.41) is 3.63. The van der Waals surface area contributed by atoms with Crippen LogP contribution in [0, 0.1) is 0 Å². The minimum atomic E-state index is -0.0765. The number of rotatable bonds is 5. The Labute approximate surface area is 165 Å². The Morgan fingerprint density at radius 3 is 2.79 bits per heavy atom. The van der Waals surface area contributed by atoms with Crippen molar-refractivity contribution in [2.45, 2.75) is 57.9 Å². The summed E-state index contributed by atoms with van der Waals surface area (Å²) in [4.78, 5) is 31.7. The monoisotopic (exact) mass is 383 g/mol. The van der Waals surface area contributed by atoms with Gasteiger partial charge in [-0.05, 0) is 50.3 Å². The fraction of sp³-hybridized carbons (Fsp3) is 0.591. The van der Waals surface area contributed by atoms with Crippen LogP contribution in [0.2, 0.25) is 0 Å². The number of nitrogens with one attached hydrogen (secondary N) is 2. The number of carbonyl (C=O) groups is 1. The molecule has 28 heavy (non-hydrogen) atoms. The normalized spacial score (nSPS) is 17.9. The second-order valence-electron chi connectivity index (χ2n) is 8.20. The Balaban J connectivity index is 1.42. The van der Waals surface area contributed by atoms with Crippen LogP contribution in [0.5, 0.6) is 0 Å². The Hall–Kier alpha value is -2.21. The van der Waals surface area contributed by atoms with Crippen molar-refractivity contribution in [3.05, 3.63) is 39.9 Å². The molecule has 2 aliphatic heterocycles. The fourth-order valence-electron chi connectivity index (χ4n) is 4.50. The van der Waals surface area contributed by atoms with Gasteiger partial charge in [0.05, 0.1) is 30.5 Å². The first-order valence-corrected chi connectivity index (χ1v) is 10.9. The van der Waals surface area contributed by atoms with Gasteiger partial charge in [-0.15, -0.1) is 0 Å². The number of quaternary nitrogens is 1. The summed E-state index contributed by atoms with van der Waals surface area (Å²) in [6.45, 7) is 5.11. The van der Waals surface area contributed by atoms with E-state index in [9.17, 15) is 9.59 Å². The highest BCUT2D eigenvalue weighted by Gasteiger charge is 2.16. The number of piperidine rings is 1. The Kier molecular flexibility index (Phi) is 6.05. The molecule has 0 saturated carbocycles. The number of carbonyl (C=O) groups excluding carboxylic acids is 1. The van der Waals surface area contributed by atoms with E-state index in [1.165, 1.54) is 32.4 Å². The summed E-state index contributed by atoms with van der Waals surface area (Å²) in [6.07, 6.45) is 9.08. The molecule has 0 spiro atoms. The van der Waals surface area contributed by atoms with Gasteiger partial charge in [-0.3, -0.25) is 14.2 Å². The molecule has 0 atom stereocenters. The molecule has 1 aromatic heterocycles. The fourth-order valence-corrected chi connectivity index (χ4v) is 4.50. The number of fused-ring (bicyclic) bond motifs is 2. The lowest BCUT2D eigenvalue weighted by molar-refractivity contribution is -0.904. The number of benzene rings is 1. The molecule has 2 aromatic rings. The first kappa shape index (κ1) is 19.1. The van der Waals surface area contributed by atoms with Crippen molar-refractivity contribution < 1.29 is 9.69 Å². The first-order valence-electron chi connectivity index (χ1n) is 10.9. The average Bonchev–Trinajstić information content (AvgIpc) is 2.97. The topological polar surface area (TPSA) is 68.4 Å². The minimum Gasteiger partial charge on any atom is -0.352 e. The minimum absolute atomic E-state index is 0.0263. The molecule has 2 aliphatic rings. The van der Waals surface area contributed by atoms with E-state index in [1.54, 1.807) is 23.1 Å². The molecule has 6 nitrogen and oxygen atoms in total. The van der Waals surface area contributed by atoms with Crippen LogP contribution in [0.25, 0.3) is 10.9 Å². The predicted molar refractivity (Wildman–Crippen MR) is 110 cm³/mol. The first-order chi connectivity index (χ1) is 13.7. The number of aromatic nitrogens is 2. The molecule has 0 unspecified atom stereocenters. The summed E-state index contributed by atoms with van der Waals surface area (Å²) in [6, 6.07) is 5.28. The third kappa shape index (κ3) is 4.27. The van der Waals surface area contributed by atoms with Gasteiger partial charge in [0.2, 0.25) is 0 Å². The molecule has 3 heterocycles. The van der Waals surface area contributed by atoms with Crippen molar-refractivity contribution in [1.82, 2.24) is 14.9 Å². The molecule has 150 valence electrons. The SMILES string of the molecule is O=C(NCCC[NH+]1CCCCC1)c1ccc2c(=O)n3c(nc2c1)CCCCC3. The summed E-state index contributed by atoms with van der Waals surface area (Å²) >= 11 is 0. The molecular formula is C22H31N4O2+. The zero-order valence-corrected chi connectivity index (χ0v) is 16.6. The molecule has 1 saturated heterocycles.